The molecule has 0 aromatic heterocycles. The molecule has 4 aliphatic rings. The number of hydrogen-bond acceptors (Lipinski definition) is 11. The second-order valence-corrected chi connectivity index (χ2v) is 30.4. The number of hydrogen-bond donors (Lipinski definition) is 4. The minimum Gasteiger partial charge on any atom is -0.393 e. The minimum atomic E-state index is -0.630. The molecule has 2 aliphatic heterocycles. The standard InChI is InChI=1S/C12H20O3.C9H14O3.ClH2N.S9.S7/c1-3-9-8(2)6-11(13)10(9)7-12-14-4-5-15-12;1-2-5-6-3-9(11)12-8(6)4-7(5)10;1-2;1-3-5-7-9-8-6-4-2;1-3-5-7-6-4-2/h3,8-13H,1,4-7H2,2H3;2,5-11H,1,3-4H2;2H2;;/t8-,9+,10-,11+;5-,6-,7-,8+,9?;;;/m11.../s1. The Morgan fingerprint density at radius 3 is 1.67 bits per heavy atom. The summed E-state index contributed by atoms with van der Waals surface area (Å²) in [7, 11) is 18.3. The van der Waals surface area contributed by atoms with Crippen LogP contribution >= 0.6 is 11.8 Å². The van der Waals surface area contributed by atoms with Crippen LogP contribution in [0.5, 0.6) is 0 Å². The van der Waals surface area contributed by atoms with E-state index in [1.165, 1.54) is 35.5 Å². The van der Waals surface area contributed by atoms with Crippen molar-refractivity contribution in [1.82, 2.24) is 0 Å². The average Bonchev–Trinajstić information content (AvgIpc) is 3.80. The summed E-state index contributed by atoms with van der Waals surface area (Å²) in [5, 5.41) is 32.7. The highest BCUT2D eigenvalue weighted by atomic mass is 35.5. The molecule has 0 bridgehead atoms. The van der Waals surface area contributed by atoms with Crippen LogP contribution in [0.2, 0.25) is 0 Å². The molecular formula is C21H36ClNO6S16. The number of allylic oxidation sites excluding steroid dienone is 1. The lowest BCUT2D eigenvalue weighted by Crippen LogP contribution is -2.25. The zero-order valence-corrected chi connectivity index (χ0v) is 37.5. The van der Waals surface area contributed by atoms with E-state index >= 15 is 0 Å². The molecule has 0 aromatic carbocycles. The highest BCUT2D eigenvalue weighted by molar-refractivity contribution is 8.72. The third-order valence-corrected chi connectivity index (χ3v) is 29.2. The molecular weight excluding hydrogens is 911 g/mol. The Morgan fingerprint density at radius 1 is 0.733 bits per heavy atom. The Balaban J connectivity index is 0.000000585. The molecule has 4 fully saturated rings. The van der Waals surface area contributed by atoms with Crippen molar-refractivity contribution in [1.29, 1.82) is 0 Å². The number of aliphatic hydroxyl groups is 3. The van der Waals surface area contributed by atoms with Crippen molar-refractivity contribution in [3.63, 3.8) is 0 Å². The summed E-state index contributed by atoms with van der Waals surface area (Å²) in [5.41, 5.74) is 0. The summed E-state index contributed by atoms with van der Waals surface area (Å²) < 4.78 is 16.1. The normalized spacial score (nSPS) is 30.5. The number of nitrogens with two attached hydrogens (primary N) is 1. The lowest BCUT2D eigenvalue weighted by atomic mass is 9.87. The second-order valence-electron chi connectivity index (χ2n) is 9.13. The molecule has 2 saturated carbocycles. The van der Waals surface area contributed by atoms with Crippen LogP contribution in [0.4, 0.5) is 0 Å². The van der Waals surface area contributed by atoms with Gasteiger partial charge in [-0.3, -0.25) is 0 Å². The van der Waals surface area contributed by atoms with Gasteiger partial charge < -0.3 is 29.5 Å². The van der Waals surface area contributed by atoms with E-state index in [1.807, 2.05) is 6.08 Å². The lowest BCUT2D eigenvalue weighted by molar-refractivity contribution is -0.0949. The fourth-order valence-electron chi connectivity index (χ4n) is 5.36. The van der Waals surface area contributed by atoms with Gasteiger partial charge in [0.1, 0.15) is 0 Å². The molecule has 4 rings (SSSR count). The molecule has 2 saturated heterocycles. The Labute approximate surface area is 325 Å². The van der Waals surface area contributed by atoms with Gasteiger partial charge in [0.2, 0.25) is 0 Å². The summed E-state index contributed by atoms with van der Waals surface area (Å²) >= 11 is 22.5. The molecule has 5 N–H and O–H groups in total. The van der Waals surface area contributed by atoms with Crippen LogP contribution in [0.25, 0.3) is 0 Å². The molecule has 0 radical (unpaired) electrons. The second kappa shape index (κ2) is 31.7. The predicted octanol–water partition coefficient (Wildman–Crippen LogP) is 1.91. The quantitative estimate of drug-likeness (QED) is 0.245. The van der Waals surface area contributed by atoms with Crippen LogP contribution in [0.15, 0.2) is 25.3 Å². The van der Waals surface area contributed by atoms with Crippen molar-refractivity contribution < 1.29 is 29.5 Å². The molecule has 9 atom stereocenters. The fraction of sp³-hybridized carbons (Fsp3) is 0.810. The summed E-state index contributed by atoms with van der Waals surface area (Å²) in [6, 6.07) is 0. The van der Waals surface area contributed by atoms with Crippen molar-refractivity contribution in [2.75, 3.05) is 13.2 Å². The average molecular weight is 947 g/mol. The largest absolute Gasteiger partial charge is 0.393 e. The van der Waals surface area contributed by atoms with E-state index in [0.717, 1.165) is 12.8 Å². The number of rotatable bonds is 4. The third-order valence-electron chi connectivity index (χ3n) is 6.93. The Bertz CT molecular complexity index is 1360. The molecule has 0 amide bonds. The van der Waals surface area contributed by atoms with Crippen LogP contribution in [0.1, 0.15) is 32.6 Å². The number of aliphatic hydroxyl groups excluding tert-OH is 3. The van der Waals surface area contributed by atoms with E-state index in [0.29, 0.717) is 37.9 Å². The van der Waals surface area contributed by atoms with Gasteiger partial charge in [-0.2, -0.15) is 0 Å². The number of fused-ring (bicyclic) bond motifs is 1. The maximum atomic E-state index is 9.96. The Kier molecular flexibility index (Phi) is 33.8. The zero-order chi connectivity index (χ0) is 34.0. The smallest absolute Gasteiger partial charge is 0.158 e. The molecule has 264 valence electrons. The first-order valence-corrected chi connectivity index (χ1v) is 31.8. The van der Waals surface area contributed by atoms with Crippen LogP contribution in [-0.2, 0) is 166 Å². The zero-order valence-electron chi connectivity index (χ0n) is 23.6. The van der Waals surface area contributed by atoms with Crippen LogP contribution in [0, 0.1) is 29.6 Å². The Hall–Kier alpha value is 3.01. The van der Waals surface area contributed by atoms with E-state index in [2.05, 4.69) is 81.9 Å². The van der Waals surface area contributed by atoms with Gasteiger partial charge in [0.15, 0.2) is 12.6 Å². The maximum Gasteiger partial charge on any atom is 0.158 e. The third kappa shape index (κ3) is 20.6. The van der Waals surface area contributed by atoms with Crippen molar-refractivity contribution in [3.05, 3.63) is 25.3 Å². The first-order valence-electron chi connectivity index (χ1n) is 12.7. The summed E-state index contributed by atoms with van der Waals surface area (Å²) in [6.07, 6.45) is 5.43. The van der Waals surface area contributed by atoms with Crippen molar-refractivity contribution >= 4 is 163 Å². The van der Waals surface area contributed by atoms with Crippen LogP contribution in [-0.4, -0.2) is 59.4 Å². The highest BCUT2D eigenvalue weighted by Crippen LogP contribution is 2.43. The molecule has 0 spiro atoms. The highest BCUT2D eigenvalue weighted by Gasteiger charge is 2.47. The van der Waals surface area contributed by atoms with E-state index in [4.69, 9.17) is 14.2 Å². The van der Waals surface area contributed by atoms with Gasteiger partial charge in [0.05, 0.1) is 31.5 Å². The SMILES string of the molecule is C=C[C@@H]1[C@@H](CC2OCCO2)[C@@H](O)C[C@H]1C.C=C[C@@H]1[C@H]2CC(O)O[C@H]2C[C@H]1O.NCl.S=S=S=S=S=S=S.S=S=S=S=S=S=S=S=S. The summed E-state index contributed by atoms with van der Waals surface area (Å²) in [6.45, 7) is 11.1. The van der Waals surface area contributed by atoms with E-state index in [-0.39, 0.29) is 42.4 Å². The summed E-state index contributed by atoms with van der Waals surface area (Å²) in [5.74, 6) is 1.54. The van der Waals surface area contributed by atoms with Crippen molar-refractivity contribution in [2.24, 2.45) is 34.8 Å². The number of ether oxygens (including phenoxy) is 3. The molecule has 45 heavy (non-hydrogen) atoms. The first-order chi connectivity index (χ1) is 21.8. The van der Waals surface area contributed by atoms with Gasteiger partial charge >= 0.3 is 0 Å². The first kappa shape index (κ1) is 48.0. The van der Waals surface area contributed by atoms with Crippen molar-refractivity contribution in [3.8, 4) is 0 Å². The van der Waals surface area contributed by atoms with E-state index in [9.17, 15) is 15.3 Å². The van der Waals surface area contributed by atoms with Gasteiger partial charge in [-0.25, -0.2) is 5.25 Å². The fourth-order valence-corrected chi connectivity index (χ4v) is 27.3. The molecule has 1 unspecified atom stereocenters. The van der Waals surface area contributed by atoms with Crippen LogP contribution in [0.3, 0.4) is 0 Å². The van der Waals surface area contributed by atoms with E-state index < -0.39 is 6.29 Å². The van der Waals surface area contributed by atoms with Gasteiger partial charge in [0, 0.05) is 176 Å². The number of halogens is 1. The maximum absolute atomic E-state index is 9.96. The Morgan fingerprint density at radius 2 is 1.20 bits per heavy atom. The molecule has 0 aromatic rings. The summed E-state index contributed by atoms with van der Waals surface area (Å²) in [4.78, 5) is 0. The van der Waals surface area contributed by atoms with Gasteiger partial charge in [-0.05, 0) is 41.9 Å². The molecule has 2 aliphatic carbocycles. The molecule has 24 heteroatoms. The topological polar surface area (TPSA) is 114 Å². The predicted molar refractivity (Wildman–Crippen MR) is 228 cm³/mol. The molecule has 2 heterocycles. The minimum absolute atomic E-state index is 0.0398. The van der Waals surface area contributed by atoms with Crippen LogP contribution < -0.4 is 5.25 Å². The van der Waals surface area contributed by atoms with Crippen molar-refractivity contribution in [2.45, 2.75) is 63.5 Å². The van der Waals surface area contributed by atoms with Gasteiger partial charge in [-0.15, -0.1) is 13.2 Å². The van der Waals surface area contributed by atoms with Gasteiger partial charge in [-0.1, -0.05) is 19.1 Å². The lowest BCUT2D eigenvalue weighted by Gasteiger charge is -2.23. The van der Waals surface area contributed by atoms with E-state index in [1.54, 1.807) is 77.1 Å². The van der Waals surface area contributed by atoms with Gasteiger partial charge in [0.25, 0.3) is 0 Å². The monoisotopic (exact) mass is 945 g/mol. The molecule has 7 nitrogen and oxygen atoms in total.